The van der Waals surface area contributed by atoms with E-state index >= 15 is 0 Å². The number of carbonyl (C=O) groups excluding carboxylic acids is 1. The molecule has 1 aliphatic rings. The Morgan fingerprint density at radius 1 is 1.24 bits per heavy atom. The molecule has 0 saturated heterocycles. The van der Waals surface area contributed by atoms with Gasteiger partial charge >= 0.3 is 5.97 Å². The Hall–Kier alpha value is -1.55. The molecule has 1 aliphatic carbocycles. The van der Waals surface area contributed by atoms with Gasteiger partial charge in [0.05, 0.1) is 19.6 Å². The number of hydrogen-bond donors (Lipinski definition) is 1. The van der Waals surface area contributed by atoms with Gasteiger partial charge in [0.2, 0.25) is 0 Å². The quantitative estimate of drug-likeness (QED) is 0.819. The van der Waals surface area contributed by atoms with Crippen LogP contribution in [0.3, 0.4) is 0 Å². The van der Waals surface area contributed by atoms with Crippen molar-refractivity contribution < 1.29 is 14.3 Å². The standard InChI is InChI=1S/C17H25NO3/c1-3-21-16-7-5-4-6-14(16)12-18-15-10-8-13(9-11-15)17(19)20-2/h4-7,13,15,18H,3,8-12H2,1-2H3. The van der Waals surface area contributed by atoms with Crippen LogP contribution < -0.4 is 10.1 Å². The first kappa shape index (κ1) is 15.8. The van der Waals surface area contributed by atoms with Crippen molar-refractivity contribution in [1.82, 2.24) is 5.32 Å². The highest BCUT2D eigenvalue weighted by molar-refractivity contribution is 5.72. The van der Waals surface area contributed by atoms with Gasteiger partial charge in [-0.2, -0.15) is 0 Å². The zero-order valence-electron chi connectivity index (χ0n) is 12.9. The highest BCUT2D eigenvalue weighted by atomic mass is 16.5. The van der Waals surface area contributed by atoms with Crippen LogP contribution in [0, 0.1) is 5.92 Å². The fourth-order valence-corrected chi connectivity index (χ4v) is 2.90. The lowest BCUT2D eigenvalue weighted by Crippen LogP contribution is -2.34. The molecule has 116 valence electrons. The fraction of sp³-hybridized carbons (Fsp3) is 0.588. The minimum absolute atomic E-state index is 0.0601. The molecular weight excluding hydrogens is 266 g/mol. The van der Waals surface area contributed by atoms with Crippen LogP contribution in [0.25, 0.3) is 0 Å². The minimum atomic E-state index is -0.0601. The van der Waals surface area contributed by atoms with Gasteiger partial charge < -0.3 is 14.8 Å². The molecule has 0 heterocycles. The number of ether oxygens (including phenoxy) is 2. The molecule has 1 fully saturated rings. The summed E-state index contributed by atoms with van der Waals surface area (Å²) in [5.41, 5.74) is 1.19. The monoisotopic (exact) mass is 291 g/mol. The molecule has 4 nitrogen and oxygen atoms in total. The number of para-hydroxylation sites is 1. The van der Waals surface area contributed by atoms with Gasteiger partial charge in [0.15, 0.2) is 0 Å². The second-order valence-corrected chi connectivity index (χ2v) is 5.49. The number of hydrogen-bond acceptors (Lipinski definition) is 4. The van der Waals surface area contributed by atoms with Crippen molar-refractivity contribution in [2.75, 3.05) is 13.7 Å². The largest absolute Gasteiger partial charge is 0.494 e. The van der Waals surface area contributed by atoms with Gasteiger partial charge in [-0.05, 0) is 38.7 Å². The first-order chi connectivity index (χ1) is 10.2. The molecule has 1 N–H and O–H groups in total. The lowest BCUT2D eigenvalue weighted by atomic mass is 9.86. The van der Waals surface area contributed by atoms with E-state index in [0.717, 1.165) is 38.0 Å². The second kappa shape index (κ2) is 8.03. The molecule has 0 aliphatic heterocycles. The van der Waals surface area contributed by atoms with Crippen molar-refractivity contribution in [2.45, 2.75) is 45.2 Å². The number of esters is 1. The predicted molar refractivity (Wildman–Crippen MR) is 82.2 cm³/mol. The van der Waals surface area contributed by atoms with E-state index in [1.807, 2.05) is 25.1 Å². The van der Waals surface area contributed by atoms with Gasteiger partial charge in [0, 0.05) is 18.2 Å². The van der Waals surface area contributed by atoms with Gasteiger partial charge in [-0.25, -0.2) is 0 Å². The maximum absolute atomic E-state index is 11.5. The molecule has 0 unspecified atom stereocenters. The Bertz CT molecular complexity index is 453. The number of carbonyl (C=O) groups is 1. The molecule has 21 heavy (non-hydrogen) atoms. The van der Waals surface area contributed by atoms with E-state index in [1.165, 1.54) is 12.7 Å². The summed E-state index contributed by atoms with van der Waals surface area (Å²) < 4.78 is 10.5. The Labute approximate surface area is 126 Å². The van der Waals surface area contributed by atoms with E-state index in [2.05, 4.69) is 11.4 Å². The summed E-state index contributed by atoms with van der Waals surface area (Å²) in [5.74, 6) is 0.981. The molecule has 0 bridgehead atoms. The SMILES string of the molecule is CCOc1ccccc1CNC1CCC(C(=O)OC)CC1. The normalized spacial score (nSPS) is 21.8. The molecule has 0 atom stereocenters. The van der Waals surface area contributed by atoms with Gasteiger partial charge in [-0.1, -0.05) is 18.2 Å². The first-order valence-corrected chi connectivity index (χ1v) is 7.76. The molecule has 4 heteroatoms. The average molecular weight is 291 g/mol. The van der Waals surface area contributed by atoms with Crippen LogP contribution in [0.15, 0.2) is 24.3 Å². The van der Waals surface area contributed by atoms with E-state index in [-0.39, 0.29) is 11.9 Å². The maximum atomic E-state index is 11.5. The molecule has 0 amide bonds. The minimum Gasteiger partial charge on any atom is -0.494 e. The van der Waals surface area contributed by atoms with Gasteiger partial charge in [0.1, 0.15) is 5.75 Å². The van der Waals surface area contributed by atoms with Crippen molar-refractivity contribution in [2.24, 2.45) is 5.92 Å². The lowest BCUT2D eigenvalue weighted by molar-refractivity contribution is -0.146. The topological polar surface area (TPSA) is 47.6 Å². The number of nitrogens with one attached hydrogen (secondary N) is 1. The van der Waals surface area contributed by atoms with Crippen molar-refractivity contribution in [3.05, 3.63) is 29.8 Å². The molecule has 1 aromatic carbocycles. The average Bonchev–Trinajstić information content (AvgIpc) is 2.54. The Morgan fingerprint density at radius 3 is 2.62 bits per heavy atom. The molecule has 0 radical (unpaired) electrons. The van der Waals surface area contributed by atoms with E-state index in [9.17, 15) is 4.79 Å². The lowest BCUT2D eigenvalue weighted by Gasteiger charge is -2.28. The van der Waals surface area contributed by atoms with Crippen LogP contribution in [-0.4, -0.2) is 25.7 Å². The van der Waals surface area contributed by atoms with Crippen LogP contribution in [0.4, 0.5) is 0 Å². The predicted octanol–water partition coefficient (Wildman–Crippen LogP) is 2.91. The van der Waals surface area contributed by atoms with Crippen molar-refractivity contribution in [3.63, 3.8) is 0 Å². The third-order valence-corrected chi connectivity index (χ3v) is 4.12. The van der Waals surface area contributed by atoms with Crippen LogP contribution in [0.5, 0.6) is 5.75 Å². The van der Waals surface area contributed by atoms with E-state index in [4.69, 9.17) is 9.47 Å². The van der Waals surface area contributed by atoms with Crippen molar-refractivity contribution in [3.8, 4) is 5.75 Å². The molecule has 0 spiro atoms. The number of rotatable bonds is 6. The summed E-state index contributed by atoms with van der Waals surface area (Å²) in [6.07, 6.45) is 3.88. The summed E-state index contributed by atoms with van der Waals surface area (Å²) in [6, 6.07) is 8.61. The Kier molecular flexibility index (Phi) is 6.05. The van der Waals surface area contributed by atoms with Crippen molar-refractivity contribution in [1.29, 1.82) is 0 Å². The third-order valence-electron chi connectivity index (χ3n) is 4.12. The van der Waals surface area contributed by atoms with Crippen LogP contribution in [-0.2, 0) is 16.1 Å². The van der Waals surface area contributed by atoms with Crippen LogP contribution in [0.2, 0.25) is 0 Å². The van der Waals surface area contributed by atoms with E-state index < -0.39 is 0 Å². The van der Waals surface area contributed by atoms with E-state index in [0.29, 0.717) is 12.6 Å². The summed E-state index contributed by atoms with van der Waals surface area (Å²) in [4.78, 5) is 11.5. The molecule has 1 aromatic rings. The maximum Gasteiger partial charge on any atom is 0.308 e. The Morgan fingerprint density at radius 2 is 1.95 bits per heavy atom. The van der Waals surface area contributed by atoms with Crippen molar-refractivity contribution >= 4 is 5.97 Å². The molecule has 1 saturated carbocycles. The van der Waals surface area contributed by atoms with E-state index in [1.54, 1.807) is 0 Å². The zero-order chi connectivity index (χ0) is 15.1. The summed E-state index contributed by atoms with van der Waals surface area (Å²) in [7, 11) is 1.47. The summed E-state index contributed by atoms with van der Waals surface area (Å²) >= 11 is 0. The zero-order valence-corrected chi connectivity index (χ0v) is 12.9. The summed E-state index contributed by atoms with van der Waals surface area (Å²) in [5, 5.41) is 3.58. The molecule has 0 aromatic heterocycles. The number of benzene rings is 1. The highest BCUT2D eigenvalue weighted by Gasteiger charge is 2.26. The molecular formula is C17H25NO3. The highest BCUT2D eigenvalue weighted by Crippen LogP contribution is 2.26. The first-order valence-electron chi connectivity index (χ1n) is 7.76. The van der Waals surface area contributed by atoms with Crippen LogP contribution >= 0.6 is 0 Å². The Balaban J connectivity index is 1.81. The van der Waals surface area contributed by atoms with Crippen LogP contribution in [0.1, 0.15) is 38.2 Å². The van der Waals surface area contributed by atoms with Gasteiger partial charge in [0.25, 0.3) is 0 Å². The third kappa shape index (κ3) is 4.46. The smallest absolute Gasteiger partial charge is 0.308 e. The van der Waals surface area contributed by atoms with Gasteiger partial charge in [-0.15, -0.1) is 0 Å². The number of methoxy groups -OCH3 is 1. The molecule has 2 rings (SSSR count). The second-order valence-electron chi connectivity index (χ2n) is 5.49. The summed E-state index contributed by atoms with van der Waals surface area (Å²) in [6.45, 7) is 3.49. The van der Waals surface area contributed by atoms with Gasteiger partial charge in [-0.3, -0.25) is 4.79 Å². The fourth-order valence-electron chi connectivity index (χ4n) is 2.90.